The molecule has 0 saturated carbocycles. The second-order valence-corrected chi connectivity index (χ2v) is 5.21. The Hall–Kier alpha value is -1.77. The van der Waals surface area contributed by atoms with Crippen LogP contribution in [0.2, 0.25) is 0 Å². The highest BCUT2D eigenvalue weighted by molar-refractivity contribution is 5.81. The summed E-state index contributed by atoms with van der Waals surface area (Å²) in [4.78, 5) is 12.3. The van der Waals surface area contributed by atoms with Crippen LogP contribution in [0.15, 0.2) is 12.7 Å². The van der Waals surface area contributed by atoms with Gasteiger partial charge < -0.3 is 20.3 Å². The zero-order valence-corrected chi connectivity index (χ0v) is 11.4. The lowest BCUT2D eigenvalue weighted by Crippen LogP contribution is -2.31. The average Bonchev–Trinajstić information content (AvgIpc) is 2.91. The molecule has 1 aliphatic heterocycles. The Kier molecular flexibility index (Phi) is 3.08. The van der Waals surface area contributed by atoms with Gasteiger partial charge in [-0.25, -0.2) is 15.0 Å². The van der Waals surface area contributed by atoms with Crippen LogP contribution in [0.5, 0.6) is 0 Å². The van der Waals surface area contributed by atoms with Gasteiger partial charge in [0.1, 0.15) is 17.4 Å². The van der Waals surface area contributed by atoms with Gasteiger partial charge in [0.05, 0.1) is 19.0 Å². The van der Waals surface area contributed by atoms with Crippen LogP contribution in [0.25, 0.3) is 11.2 Å². The number of methoxy groups -OCH3 is 1. The Bertz CT molecular complexity index is 627. The number of fused-ring (bicyclic) bond motifs is 1. The number of rotatable bonds is 3. The van der Waals surface area contributed by atoms with Crippen molar-refractivity contribution in [2.24, 2.45) is 0 Å². The zero-order valence-electron chi connectivity index (χ0n) is 11.4. The summed E-state index contributed by atoms with van der Waals surface area (Å²) in [6.45, 7) is 2.15. The minimum absolute atomic E-state index is 0.170. The van der Waals surface area contributed by atoms with E-state index < -0.39 is 11.8 Å². The summed E-state index contributed by atoms with van der Waals surface area (Å²) >= 11 is 0. The fourth-order valence-electron chi connectivity index (χ4n) is 2.63. The highest BCUT2D eigenvalue weighted by Gasteiger charge is 2.45. The molecule has 0 bridgehead atoms. The van der Waals surface area contributed by atoms with Crippen molar-refractivity contribution in [3.8, 4) is 0 Å². The molecule has 1 aliphatic rings. The van der Waals surface area contributed by atoms with Gasteiger partial charge in [-0.3, -0.25) is 4.57 Å². The van der Waals surface area contributed by atoms with Crippen molar-refractivity contribution in [1.29, 1.82) is 0 Å². The first kappa shape index (κ1) is 13.2. The molecule has 0 aliphatic carbocycles. The molecule has 3 heterocycles. The van der Waals surface area contributed by atoms with E-state index in [0.29, 0.717) is 30.0 Å². The van der Waals surface area contributed by atoms with Gasteiger partial charge in [0.15, 0.2) is 17.7 Å². The predicted octanol–water partition coefficient (Wildman–Crippen LogP) is 0.0934. The second kappa shape index (κ2) is 4.65. The van der Waals surface area contributed by atoms with Crippen LogP contribution in [0.3, 0.4) is 0 Å². The molecule has 108 valence electrons. The van der Waals surface area contributed by atoms with Gasteiger partial charge in [-0.15, -0.1) is 0 Å². The molecule has 0 amide bonds. The molecule has 2 aromatic heterocycles. The number of anilines is 1. The largest absolute Gasteiger partial charge is 0.385 e. The molecule has 3 atom stereocenters. The van der Waals surface area contributed by atoms with Gasteiger partial charge in [0, 0.05) is 13.5 Å². The topological polar surface area (TPSA) is 108 Å². The van der Waals surface area contributed by atoms with Crippen LogP contribution in [0, 0.1) is 0 Å². The Morgan fingerprint density at radius 3 is 3.10 bits per heavy atom. The molecule has 8 heteroatoms. The third kappa shape index (κ3) is 2.01. The Morgan fingerprint density at radius 1 is 1.55 bits per heavy atom. The molecule has 1 fully saturated rings. The number of hydrogen-bond donors (Lipinski definition) is 2. The summed E-state index contributed by atoms with van der Waals surface area (Å²) < 4.78 is 12.6. The standard InChI is InChI=1S/C12H17N5O3/c1-12(18)3-7(4-19-2)20-11(12)17-6-16-8-9(13)14-5-15-10(8)17/h5-7,11,18H,3-4H2,1-2H3,(H2,13,14,15)/t7-,11+,12-/m0/s1. The van der Waals surface area contributed by atoms with Crippen molar-refractivity contribution in [3.05, 3.63) is 12.7 Å². The van der Waals surface area contributed by atoms with Crippen LogP contribution >= 0.6 is 0 Å². The summed E-state index contributed by atoms with van der Waals surface area (Å²) in [6.07, 6.45) is 2.65. The van der Waals surface area contributed by atoms with Gasteiger partial charge >= 0.3 is 0 Å². The fourth-order valence-corrected chi connectivity index (χ4v) is 2.63. The van der Waals surface area contributed by atoms with E-state index in [1.165, 1.54) is 6.33 Å². The van der Waals surface area contributed by atoms with Crippen molar-refractivity contribution in [3.63, 3.8) is 0 Å². The Labute approximate surface area is 115 Å². The van der Waals surface area contributed by atoms with Crippen molar-refractivity contribution in [2.75, 3.05) is 19.5 Å². The minimum atomic E-state index is -1.03. The van der Waals surface area contributed by atoms with Crippen LogP contribution in [-0.2, 0) is 9.47 Å². The fraction of sp³-hybridized carbons (Fsp3) is 0.583. The molecule has 0 aromatic carbocycles. The number of imidazole rings is 1. The maximum absolute atomic E-state index is 10.5. The number of ether oxygens (including phenoxy) is 2. The van der Waals surface area contributed by atoms with E-state index in [0.717, 1.165) is 0 Å². The van der Waals surface area contributed by atoms with Crippen LogP contribution < -0.4 is 5.73 Å². The van der Waals surface area contributed by atoms with Gasteiger partial charge in [0.25, 0.3) is 0 Å². The summed E-state index contributed by atoms with van der Waals surface area (Å²) in [7, 11) is 1.60. The lowest BCUT2D eigenvalue weighted by molar-refractivity contribution is -0.0878. The van der Waals surface area contributed by atoms with E-state index in [4.69, 9.17) is 15.2 Å². The average molecular weight is 279 g/mol. The van der Waals surface area contributed by atoms with E-state index >= 15 is 0 Å². The molecule has 0 radical (unpaired) electrons. The molecule has 2 aromatic rings. The quantitative estimate of drug-likeness (QED) is 0.819. The second-order valence-electron chi connectivity index (χ2n) is 5.21. The highest BCUT2D eigenvalue weighted by Crippen LogP contribution is 2.39. The van der Waals surface area contributed by atoms with E-state index in [-0.39, 0.29) is 6.10 Å². The van der Waals surface area contributed by atoms with E-state index in [9.17, 15) is 5.11 Å². The van der Waals surface area contributed by atoms with Gasteiger partial charge in [-0.2, -0.15) is 0 Å². The summed E-state index contributed by atoms with van der Waals surface area (Å²) in [5.74, 6) is 0.305. The lowest BCUT2D eigenvalue weighted by Gasteiger charge is -2.24. The Balaban J connectivity index is 2.00. The molecular weight excluding hydrogens is 262 g/mol. The summed E-state index contributed by atoms with van der Waals surface area (Å²) in [6, 6.07) is 0. The van der Waals surface area contributed by atoms with Crippen LogP contribution in [0.4, 0.5) is 5.82 Å². The number of nitrogens with two attached hydrogens (primary N) is 1. The van der Waals surface area contributed by atoms with Gasteiger partial charge in [-0.05, 0) is 6.92 Å². The monoisotopic (exact) mass is 279 g/mol. The van der Waals surface area contributed by atoms with E-state index in [2.05, 4.69) is 15.0 Å². The number of aliphatic hydroxyl groups is 1. The number of hydrogen-bond acceptors (Lipinski definition) is 7. The first-order valence-electron chi connectivity index (χ1n) is 6.32. The van der Waals surface area contributed by atoms with Crippen LogP contribution in [-0.4, -0.2) is 50.0 Å². The molecule has 0 unspecified atom stereocenters. The number of aromatic nitrogens is 4. The number of nitrogen functional groups attached to an aromatic ring is 1. The summed E-state index contributed by atoms with van der Waals surface area (Å²) in [5, 5.41) is 10.5. The van der Waals surface area contributed by atoms with E-state index in [1.54, 1.807) is 24.9 Å². The third-order valence-corrected chi connectivity index (χ3v) is 3.49. The van der Waals surface area contributed by atoms with Crippen molar-refractivity contribution in [1.82, 2.24) is 19.5 Å². The first-order chi connectivity index (χ1) is 9.53. The number of nitrogens with zero attached hydrogens (tertiary/aromatic N) is 4. The van der Waals surface area contributed by atoms with Crippen molar-refractivity contribution < 1.29 is 14.6 Å². The van der Waals surface area contributed by atoms with E-state index in [1.807, 2.05) is 0 Å². The molecule has 3 N–H and O–H groups in total. The molecule has 1 saturated heterocycles. The van der Waals surface area contributed by atoms with Gasteiger partial charge in [0.2, 0.25) is 0 Å². The molecule has 8 nitrogen and oxygen atoms in total. The third-order valence-electron chi connectivity index (χ3n) is 3.49. The maximum atomic E-state index is 10.5. The molecule has 3 rings (SSSR count). The molecular formula is C12H17N5O3. The first-order valence-corrected chi connectivity index (χ1v) is 6.32. The SMILES string of the molecule is COC[C@@H]1C[C@](C)(O)[C@H](n2cnc3c(N)ncnc32)O1. The smallest absolute Gasteiger partial charge is 0.167 e. The zero-order chi connectivity index (χ0) is 14.3. The minimum Gasteiger partial charge on any atom is -0.385 e. The van der Waals surface area contributed by atoms with Crippen molar-refractivity contribution in [2.45, 2.75) is 31.3 Å². The molecule has 20 heavy (non-hydrogen) atoms. The van der Waals surface area contributed by atoms with Crippen molar-refractivity contribution >= 4 is 17.0 Å². The van der Waals surface area contributed by atoms with Gasteiger partial charge in [-0.1, -0.05) is 0 Å². The highest BCUT2D eigenvalue weighted by atomic mass is 16.6. The molecule has 0 spiro atoms. The summed E-state index contributed by atoms with van der Waals surface area (Å²) in [5.41, 5.74) is 5.77. The Morgan fingerprint density at radius 2 is 2.35 bits per heavy atom. The normalized spacial score (nSPS) is 30.1. The predicted molar refractivity (Wildman–Crippen MR) is 70.8 cm³/mol. The lowest BCUT2D eigenvalue weighted by atomic mass is 10.0. The van der Waals surface area contributed by atoms with Crippen LogP contribution in [0.1, 0.15) is 19.6 Å². The maximum Gasteiger partial charge on any atom is 0.167 e.